The van der Waals surface area contributed by atoms with Crippen LogP contribution in [-0.4, -0.2) is 32.9 Å². The van der Waals surface area contributed by atoms with Crippen molar-refractivity contribution in [1.29, 1.82) is 0 Å². The maximum absolute atomic E-state index is 5.63. The highest BCUT2D eigenvalue weighted by molar-refractivity contribution is 5.75. The van der Waals surface area contributed by atoms with Gasteiger partial charge in [0.1, 0.15) is 5.82 Å². The molecule has 0 aliphatic carbocycles. The first-order valence-electron chi connectivity index (χ1n) is 9.68. The van der Waals surface area contributed by atoms with Crippen molar-refractivity contribution in [2.75, 3.05) is 13.2 Å². The Kier molecular flexibility index (Phi) is 5.22. The first kappa shape index (κ1) is 18.1. The summed E-state index contributed by atoms with van der Waals surface area (Å²) in [5.74, 6) is 3.08. The van der Waals surface area contributed by atoms with Crippen molar-refractivity contribution >= 4 is 11.0 Å². The summed E-state index contributed by atoms with van der Waals surface area (Å²) in [7, 11) is 2.05. The number of imidazole rings is 1. The number of nitrogens with one attached hydrogen (secondary N) is 1. The molecule has 2 aromatic heterocycles. The van der Waals surface area contributed by atoms with Crippen LogP contribution in [0.25, 0.3) is 11.0 Å². The lowest BCUT2D eigenvalue weighted by molar-refractivity contribution is 0.0484. The molecule has 1 saturated heterocycles. The highest BCUT2D eigenvalue weighted by Gasteiger charge is 2.30. The lowest BCUT2D eigenvalue weighted by atomic mass is 9.91. The fraction of sp³-hybridized carbons (Fsp3) is 0.550. The topological polar surface area (TPSA) is 78.0 Å². The lowest BCUT2D eigenvalue weighted by Crippen LogP contribution is -2.32. The summed E-state index contributed by atoms with van der Waals surface area (Å²) in [6.07, 6.45) is 1.97. The standard InChI is InChI=1S/C20H27N5O2/c1-13(2)19-23-20(27-24-19)18(14-8-10-26-11-9-14)21-12-17-22-15-6-4-5-7-16(15)25(17)3/h4-7,13-14,18,21H,8-12H2,1-3H3/t18-/m1/s1. The first-order chi connectivity index (χ1) is 13.1. The molecule has 27 heavy (non-hydrogen) atoms. The molecule has 1 aliphatic heterocycles. The van der Waals surface area contributed by atoms with Crippen LogP contribution in [0.2, 0.25) is 0 Å². The molecule has 1 aliphatic rings. The molecule has 4 rings (SSSR count). The highest BCUT2D eigenvalue weighted by Crippen LogP contribution is 2.30. The molecule has 1 aromatic carbocycles. The molecule has 1 N–H and O–H groups in total. The van der Waals surface area contributed by atoms with Gasteiger partial charge in [-0.15, -0.1) is 0 Å². The van der Waals surface area contributed by atoms with Crippen molar-refractivity contribution in [1.82, 2.24) is 25.0 Å². The Hall–Kier alpha value is -2.25. The summed E-state index contributed by atoms with van der Waals surface area (Å²) in [5.41, 5.74) is 2.15. The summed E-state index contributed by atoms with van der Waals surface area (Å²) in [5, 5.41) is 7.80. The summed E-state index contributed by atoms with van der Waals surface area (Å²) in [6.45, 7) is 6.35. The van der Waals surface area contributed by atoms with Crippen LogP contribution in [0.15, 0.2) is 28.8 Å². The maximum atomic E-state index is 5.63. The number of nitrogens with zero attached hydrogens (tertiary/aromatic N) is 4. The van der Waals surface area contributed by atoms with Gasteiger partial charge in [0.05, 0.1) is 23.6 Å². The van der Waals surface area contributed by atoms with Crippen LogP contribution >= 0.6 is 0 Å². The Bertz CT molecular complexity index is 895. The van der Waals surface area contributed by atoms with Gasteiger partial charge in [0.15, 0.2) is 5.82 Å². The zero-order chi connectivity index (χ0) is 18.8. The quantitative estimate of drug-likeness (QED) is 0.718. The molecule has 0 radical (unpaired) electrons. The predicted octanol–water partition coefficient (Wildman–Crippen LogP) is 3.34. The van der Waals surface area contributed by atoms with Crippen molar-refractivity contribution in [3.63, 3.8) is 0 Å². The van der Waals surface area contributed by atoms with Crippen LogP contribution in [0, 0.1) is 5.92 Å². The first-order valence-corrected chi connectivity index (χ1v) is 9.68. The zero-order valence-corrected chi connectivity index (χ0v) is 16.2. The van der Waals surface area contributed by atoms with Crippen LogP contribution in [0.5, 0.6) is 0 Å². The van der Waals surface area contributed by atoms with E-state index in [4.69, 9.17) is 14.2 Å². The van der Waals surface area contributed by atoms with Gasteiger partial charge in [0.25, 0.3) is 0 Å². The van der Waals surface area contributed by atoms with Crippen molar-refractivity contribution < 1.29 is 9.26 Å². The summed E-state index contributed by atoms with van der Waals surface area (Å²) in [4.78, 5) is 9.42. The predicted molar refractivity (Wildman–Crippen MR) is 102 cm³/mol. The smallest absolute Gasteiger partial charge is 0.244 e. The second kappa shape index (κ2) is 7.78. The number of hydrogen-bond donors (Lipinski definition) is 1. The number of para-hydroxylation sites is 2. The normalized spacial score (nSPS) is 17.0. The molecule has 0 saturated carbocycles. The van der Waals surface area contributed by atoms with Crippen LogP contribution < -0.4 is 5.32 Å². The molecule has 3 heterocycles. The van der Waals surface area contributed by atoms with Gasteiger partial charge in [0, 0.05) is 26.2 Å². The van der Waals surface area contributed by atoms with E-state index >= 15 is 0 Å². The molecule has 7 nitrogen and oxygen atoms in total. The number of ether oxygens (including phenoxy) is 1. The fourth-order valence-electron chi connectivity index (χ4n) is 3.67. The Morgan fingerprint density at radius 1 is 1.19 bits per heavy atom. The Labute approximate surface area is 159 Å². The zero-order valence-electron chi connectivity index (χ0n) is 16.2. The van der Waals surface area contributed by atoms with Gasteiger partial charge in [-0.1, -0.05) is 31.1 Å². The highest BCUT2D eigenvalue weighted by atomic mass is 16.5. The van der Waals surface area contributed by atoms with E-state index < -0.39 is 0 Å². The number of rotatable bonds is 6. The molecule has 144 valence electrons. The van der Waals surface area contributed by atoms with Gasteiger partial charge < -0.3 is 13.8 Å². The average Bonchev–Trinajstić information content (AvgIpc) is 3.29. The minimum atomic E-state index is 0.00807. The van der Waals surface area contributed by atoms with E-state index in [0.29, 0.717) is 18.4 Å². The van der Waals surface area contributed by atoms with E-state index in [1.165, 1.54) is 0 Å². The second-order valence-electron chi connectivity index (χ2n) is 7.53. The molecule has 7 heteroatoms. The third kappa shape index (κ3) is 3.75. The van der Waals surface area contributed by atoms with Gasteiger partial charge in [-0.25, -0.2) is 4.98 Å². The van der Waals surface area contributed by atoms with Crippen LogP contribution in [0.1, 0.15) is 56.2 Å². The summed E-state index contributed by atoms with van der Waals surface area (Å²) in [6, 6.07) is 8.20. The van der Waals surface area contributed by atoms with E-state index in [2.05, 4.69) is 47.0 Å². The SMILES string of the molecule is CC(C)c1noc([C@H](NCc2nc3ccccc3n2C)C2CCOCC2)n1. The Morgan fingerprint density at radius 3 is 2.67 bits per heavy atom. The molecule has 0 amide bonds. The van der Waals surface area contributed by atoms with Crippen molar-refractivity contribution in [3.8, 4) is 0 Å². The van der Waals surface area contributed by atoms with Gasteiger partial charge in [-0.05, 0) is 30.9 Å². The average molecular weight is 369 g/mol. The minimum absolute atomic E-state index is 0.00807. The number of aromatic nitrogens is 4. The Balaban J connectivity index is 1.57. The molecule has 1 fully saturated rings. The van der Waals surface area contributed by atoms with Crippen molar-refractivity contribution in [2.45, 2.75) is 45.2 Å². The Morgan fingerprint density at radius 2 is 1.96 bits per heavy atom. The van der Waals surface area contributed by atoms with E-state index in [-0.39, 0.29) is 12.0 Å². The molecule has 3 aromatic rings. The fourth-order valence-corrected chi connectivity index (χ4v) is 3.67. The number of benzene rings is 1. The van der Waals surface area contributed by atoms with Crippen molar-refractivity contribution in [2.24, 2.45) is 13.0 Å². The second-order valence-corrected chi connectivity index (χ2v) is 7.53. The third-order valence-electron chi connectivity index (χ3n) is 5.34. The van der Waals surface area contributed by atoms with E-state index in [0.717, 1.165) is 48.7 Å². The van der Waals surface area contributed by atoms with Gasteiger partial charge in [0.2, 0.25) is 5.89 Å². The maximum Gasteiger partial charge on any atom is 0.244 e. The van der Waals surface area contributed by atoms with E-state index in [9.17, 15) is 0 Å². The van der Waals surface area contributed by atoms with E-state index in [1.807, 2.05) is 18.2 Å². The van der Waals surface area contributed by atoms with E-state index in [1.54, 1.807) is 0 Å². The molecule has 1 atom stereocenters. The van der Waals surface area contributed by atoms with Crippen LogP contribution in [0.4, 0.5) is 0 Å². The molecule has 0 unspecified atom stereocenters. The summed E-state index contributed by atoms with van der Waals surface area (Å²) >= 11 is 0. The van der Waals surface area contributed by atoms with Crippen molar-refractivity contribution in [3.05, 3.63) is 41.8 Å². The molecular formula is C20H27N5O2. The van der Waals surface area contributed by atoms with Gasteiger partial charge >= 0.3 is 0 Å². The van der Waals surface area contributed by atoms with Crippen LogP contribution in [0.3, 0.4) is 0 Å². The monoisotopic (exact) mass is 369 g/mol. The van der Waals surface area contributed by atoms with Crippen LogP contribution in [-0.2, 0) is 18.3 Å². The lowest BCUT2D eigenvalue weighted by Gasteiger charge is -2.28. The van der Waals surface area contributed by atoms with Gasteiger partial charge in [-0.3, -0.25) is 5.32 Å². The summed E-state index contributed by atoms with van der Waals surface area (Å²) < 4.78 is 13.3. The molecule has 0 bridgehead atoms. The molecule has 0 spiro atoms. The number of hydrogen-bond acceptors (Lipinski definition) is 6. The number of aryl methyl sites for hydroxylation is 1. The van der Waals surface area contributed by atoms with Gasteiger partial charge in [-0.2, -0.15) is 4.98 Å². The third-order valence-corrected chi connectivity index (χ3v) is 5.34. The minimum Gasteiger partial charge on any atom is -0.381 e. The molecular weight excluding hydrogens is 342 g/mol. The number of fused-ring (bicyclic) bond motifs is 1. The largest absolute Gasteiger partial charge is 0.381 e.